The average Bonchev–Trinajstić information content (AvgIpc) is 3.36. The monoisotopic (exact) mass is 362 g/mol. The van der Waals surface area contributed by atoms with E-state index in [1.807, 2.05) is 53.4 Å². The molecule has 0 radical (unpaired) electrons. The molecule has 1 saturated heterocycles. The number of amides is 2. The third-order valence-electron chi connectivity index (χ3n) is 5.20. The zero-order chi connectivity index (χ0) is 18.8. The fourth-order valence-electron chi connectivity index (χ4n) is 3.88. The minimum atomic E-state index is -0.635. The molecule has 0 aliphatic carbocycles. The molecule has 0 unspecified atom stereocenters. The maximum Gasteiger partial charge on any atom is 0.270 e. The summed E-state index contributed by atoms with van der Waals surface area (Å²) in [7, 11) is 0. The smallest absolute Gasteiger partial charge is 0.270 e. The molecular weight excluding hydrogens is 340 g/mol. The quantitative estimate of drug-likeness (QED) is 0.907. The van der Waals surface area contributed by atoms with Gasteiger partial charge in [0.05, 0.1) is 11.7 Å². The van der Waals surface area contributed by atoms with Crippen molar-refractivity contribution in [2.45, 2.75) is 31.3 Å². The zero-order valence-corrected chi connectivity index (χ0v) is 15.0. The lowest BCUT2D eigenvalue weighted by Gasteiger charge is -2.24. The van der Waals surface area contributed by atoms with Crippen molar-refractivity contribution in [2.75, 3.05) is 11.6 Å². The lowest BCUT2D eigenvalue weighted by atomic mass is 10.0. The normalized spacial score (nSPS) is 22.0. The number of hydrogen-bond donors (Lipinski definition) is 1. The molecule has 2 atom stereocenters. The van der Waals surface area contributed by atoms with Crippen LogP contribution in [0.2, 0.25) is 0 Å². The molecule has 138 valence electrons. The average molecular weight is 362 g/mol. The first kappa shape index (κ1) is 17.3. The molecule has 2 heterocycles. The van der Waals surface area contributed by atoms with Crippen LogP contribution in [-0.4, -0.2) is 35.0 Å². The summed E-state index contributed by atoms with van der Waals surface area (Å²) in [6.45, 7) is 0.698. The van der Waals surface area contributed by atoms with E-state index >= 15 is 0 Å². The first-order valence-electron chi connectivity index (χ1n) is 9.22. The van der Waals surface area contributed by atoms with Gasteiger partial charge in [-0.15, -0.1) is 0 Å². The molecule has 2 aliphatic heterocycles. The highest BCUT2D eigenvalue weighted by Crippen LogP contribution is 2.33. The van der Waals surface area contributed by atoms with Crippen LogP contribution in [0, 0.1) is 0 Å². The number of primary amides is 1. The van der Waals surface area contributed by atoms with Crippen LogP contribution in [0.3, 0.4) is 0 Å². The highest BCUT2D eigenvalue weighted by molar-refractivity contribution is 6.40. The van der Waals surface area contributed by atoms with Gasteiger partial charge in [0.1, 0.15) is 11.8 Å². The molecule has 0 aromatic heterocycles. The van der Waals surface area contributed by atoms with E-state index in [1.165, 1.54) is 0 Å². The number of nitrogens with zero attached hydrogens (tertiary/aromatic N) is 3. The van der Waals surface area contributed by atoms with Gasteiger partial charge in [0, 0.05) is 13.0 Å². The zero-order valence-electron chi connectivity index (χ0n) is 15.0. The molecule has 2 amide bonds. The number of para-hydroxylation sites is 1. The second-order valence-electron chi connectivity index (χ2n) is 6.92. The molecule has 2 aromatic carbocycles. The Morgan fingerprint density at radius 1 is 1.00 bits per heavy atom. The van der Waals surface area contributed by atoms with Crippen LogP contribution in [0.5, 0.6) is 0 Å². The fourth-order valence-corrected chi connectivity index (χ4v) is 3.88. The molecule has 2 aliphatic rings. The van der Waals surface area contributed by atoms with Crippen LogP contribution < -0.4 is 10.7 Å². The molecule has 1 fully saturated rings. The van der Waals surface area contributed by atoms with E-state index in [2.05, 4.69) is 17.2 Å². The summed E-state index contributed by atoms with van der Waals surface area (Å²) in [5, 5.41) is 6.06. The number of anilines is 1. The maximum absolute atomic E-state index is 13.2. The van der Waals surface area contributed by atoms with Crippen molar-refractivity contribution in [1.29, 1.82) is 0 Å². The summed E-state index contributed by atoms with van der Waals surface area (Å²) in [5.41, 5.74) is 7.86. The van der Waals surface area contributed by atoms with Crippen LogP contribution in [0.15, 0.2) is 65.8 Å². The second-order valence-corrected chi connectivity index (χ2v) is 6.92. The van der Waals surface area contributed by atoms with Gasteiger partial charge < -0.3 is 10.6 Å². The molecule has 0 saturated carbocycles. The van der Waals surface area contributed by atoms with Gasteiger partial charge in [-0.2, -0.15) is 5.10 Å². The van der Waals surface area contributed by atoms with Crippen LogP contribution in [0.25, 0.3) is 0 Å². The Morgan fingerprint density at radius 3 is 2.33 bits per heavy atom. The Bertz CT molecular complexity index is 866. The summed E-state index contributed by atoms with van der Waals surface area (Å²) < 4.78 is 0. The molecule has 6 nitrogen and oxygen atoms in total. The van der Waals surface area contributed by atoms with Crippen LogP contribution in [-0.2, 0) is 9.59 Å². The van der Waals surface area contributed by atoms with Gasteiger partial charge in [0.15, 0.2) is 0 Å². The van der Waals surface area contributed by atoms with E-state index in [0.717, 1.165) is 24.1 Å². The van der Waals surface area contributed by atoms with E-state index < -0.39 is 11.9 Å². The van der Waals surface area contributed by atoms with Crippen molar-refractivity contribution < 1.29 is 9.59 Å². The maximum atomic E-state index is 13.2. The molecular formula is C21H22N4O2. The number of carbonyl (C=O) groups is 2. The number of carbonyl (C=O) groups excluding carboxylic acids is 2. The Kier molecular flexibility index (Phi) is 4.62. The first-order chi connectivity index (χ1) is 13.1. The van der Waals surface area contributed by atoms with Crippen molar-refractivity contribution in [2.24, 2.45) is 10.8 Å². The van der Waals surface area contributed by atoms with Gasteiger partial charge in [0.2, 0.25) is 5.91 Å². The molecule has 2 N–H and O–H groups in total. The number of likely N-dealkylation sites (tertiary alicyclic amines) is 1. The van der Waals surface area contributed by atoms with Crippen molar-refractivity contribution in [3.63, 3.8) is 0 Å². The Labute approximate surface area is 158 Å². The van der Waals surface area contributed by atoms with Gasteiger partial charge >= 0.3 is 0 Å². The predicted octanol–water partition coefficient (Wildman–Crippen LogP) is 2.47. The van der Waals surface area contributed by atoms with Crippen molar-refractivity contribution >= 4 is 23.2 Å². The van der Waals surface area contributed by atoms with Crippen molar-refractivity contribution in [3.8, 4) is 0 Å². The van der Waals surface area contributed by atoms with E-state index in [9.17, 15) is 9.59 Å². The third-order valence-corrected chi connectivity index (χ3v) is 5.20. The highest BCUT2D eigenvalue weighted by atomic mass is 16.2. The molecule has 2 aromatic rings. The van der Waals surface area contributed by atoms with E-state index in [4.69, 9.17) is 5.73 Å². The van der Waals surface area contributed by atoms with Crippen LogP contribution >= 0.6 is 0 Å². The molecule has 4 rings (SSSR count). The summed E-state index contributed by atoms with van der Waals surface area (Å²) in [6, 6.07) is 18.8. The largest absolute Gasteiger partial charge is 0.368 e. The minimum absolute atomic E-state index is 0.0548. The fraction of sp³-hybridized carbons (Fsp3) is 0.286. The predicted molar refractivity (Wildman–Crippen MR) is 104 cm³/mol. The van der Waals surface area contributed by atoms with Crippen LogP contribution in [0.1, 0.15) is 30.9 Å². The topological polar surface area (TPSA) is 79.0 Å². The summed E-state index contributed by atoms with van der Waals surface area (Å²) in [5.74, 6) is -0.586. The lowest BCUT2D eigenvalue weighted by Crippen LogP contribution is -2.40. The second kappa shape index (κ2) is 7.23. The molecule has 0 bridgehead atoms. The van der Waals surface area contributed by atoms with Gasteiger partial charge in [0.25, 0.3) is 5.91 Å². The first-order valence-corrected chi connectivity index (χ1v) is 9.22. The summed E-state index contributed by atoms with van der Waals surface area (Å²) in [4.78, 5) is 27.0. The van der Waals surface area contributed by atoms with Gasteiger partial charge in [-0.3, -0.25) is 14.6 Å². The number of hydrazone groups is 1. The summed E-state index contributed by atoms with van der Waals surface area (Å²) in [6.07, 6.45) is 2.13. The number of benzene rings is 2. The molecule has 6 heteroatoms. The third kappa shape index (κ3) is 3.30. The Hall–Kier alpha value is -3.15. The minimum Gasteiger partial charge on any atom is -0.368 e. The van der Waals surface area contributed by atoms with Gasteiger partial charge in [-0.1, -0.05) is 48.5 Å². The standard InChI is InChI=1S/C21H22N4O2/c22-20(26)19-14-17(23-25(19)16-10-5-2-6-11-16)21(27)24-13-7-12-18(24)15-8-3-1-4-9-15/h1-6,8-11,18-19H,7,12-14H2,(H2,22,26)/t18-,19+/m1/s1. The summed E-state index contributed by atoms with van der Waals surface area (Å²) >= 11 is 0. The lowest BCUT2D eigenvalue weighted by molar-refractivity contribution is -0.125. The van der Waals surface area contributed by atoms with Gasteiger partial charge in [-0.05, 0) is 30.5 Å². The van der Waals surface area contributed by atoms with E-state index in [1.54, 1.807) is 5.01 Å². The van der Waals surface area contributed by atoms with Gasteiger partial charge in [-0.25, -0.2) is 0 Å². The SMILES string of the molecule is NC(=O)[C@@H]1CC(C(=O)N2CCC[C@@H]2c2ccccc2)=NN1c1ccccc1. The van der Waals surface area contributed by atoms with Crippen molar-refractivity contribution in [3.05, 3.63) is 66.2 Å². The van der Waals surface area contributed by atoms with Crippen molar-refractivity contribution in [1.82, 2.24) is 4.90 Å². The Balaban J connectivity index is 1.60. The van der Waals surface area contributed by atoms with Crippen LogP contribution in [0.4, 0.5) is 5.69 Å². The van der Waals surface area contributed by atoms with E-state index in [-0.39, 0.29) is 18.4 Å². The number of rotatable bonds is 4. The van der Waals surface area contributed by atoms with E-state index in [0.29, 0.717) is 12.3 Å². The molecule has 0 spiro atoms. The number of nitrogens with two attached hydrogens (primary N) is 1. The Morgan fingerprint density at radius 2 is 1.67 bits per heavy atom. The highest BCUT2D eigenvalue weighted by Gasteiger charge is 2.39. The number of hydrogen-bond acceptors (Lipinski definition) is 4. The molecule has 27 heavy (non-hydrogen) atoms.